The fourth-order valence-electron chi connectivity index (χ4n) is 4.12. The highest BCUT2D eigenvalue weighted by atomic mass is 19.1. The van der Waals surface area contributed by atoms with Gasteiger partial charge < -0.3 is 15.2 Å². The third-order valence-corrected chi connectivity index (χ3v) is 6.04. The van der Waals surface area contributed by atoms with Crippen molar-refractivity contribution < 1.29 is 9.18 Å². The summed E-state index contributed by atoms with van der Waals surface area (Å²) in [6, 6.07) is 21.6. The van der Waals surface area contributed by atoms with Gasteiger partial charge in [-0.15, -0.1) is 0 Å². The summed E-state index contributed by atoms with van der Waals surface area (Å²) in [5.74, 6) is -0.963. The summed E-state index contributed by atoms with van der Waals surface area (Å²) in [4.78, 5) is 18.2. The summed E-state index contributed by atoms with van der Waals surface area (Å²) in [5, 5.41) is 9.11. The van der Waals surface area contributed by atoms with E-state index in [4.69, 9.17) is 11.0 Å². The predicted octanol–water partition coefficient (Wildman–Crippen LogP) is 4.84. The predicted molar refractivity (Wildman–Crippen MR) is 134 cm³/mol. The maximum atomic E-state index is 15.0. The van der Waals surface area contributed by atoms with Crippen LogP contribution in [0.1, 0.15) is 33.6 Å². The largest absolute Gasteiger partial charge is 0.366 e. The average Bonchev–Trinajstić information content (AvgIpc) is 3.27. The molecule has 0 radical (unpaired) electrons. The fourth-order valence-corrected chi connectivity index (χ4v) is 4.12. The van der Waals surface area contributed by atoms with Gasteiger partial charge in [-0.1, -0.05) is 30.3 Å². The molecule has 35 heavy (non-hydrogen) atoms. The number of aromatic nitrogens is 2. The number of nitrogens with zero attached hydrogens (tertiary/aromatic N) is 4. The maximum absolute atomic E-state index is 15.0. The molecule has 1 aromatic heterocycles. The highest BCUT2D eigenvalue weighted by Crippen LogP contribution is 2.27. The number of nitrogens with two attached hydrogens (primary N) is 1. The minimum absolute atomic E-state index is 0.298. The molecule has 1 heterocycles. The highest BCUT2D eigenvalue weighted by molar-refractivity contribution is 5.99. The van der Waals surface area contributed by atoms with Crippen LogP contribution >= 0.6 is 0 Å². The molecule has 0 spiro atoms. The molecule has 0 bridgehead atoms. The van der Waals surface area contributed by atoms with Gasteiger partial charge in [-0.3, -0.25) is 4.79 Å². The monoisotopic (exact) mass is 467 g/mol. The Morgan fingerprint density at radius 1 is 1.11 bits per heavy atom. The first-order valence-electron chi connectivity index (χ1n) is 11.3. The molecule has 3 aromatic carbocycles. The van der Waals surface area contributed by atoms with E-state index in [1.54, 1.807) is 36.7 Å². The fraction of sp³-hybridized carbons (Fsp3) is 0.179. The Hall–Kier alpha value is -4.44. The van der Waals surface area contributed by atoms with E-state index in [9.17, 15) is 9.18 Å². The summed E-state index contributed by atoms with van der Waals surface area (Å²) >= 11 is 0. The Morgan fingerprint density at radius 3 is 2.54 bits per heavy atom. The second-order valence-corrected chi connectivity index (χ2v) is 8.40. The summed E-state index contributed by atoms with van der Waals surface area (Å²) in [6.07, 6.45) is 5.10. The first-order valence-corrected chi connectivity index (χ1v) is 11.3. The third-order valence-electron chi connectivity index (χ3n) is 6.04. The number of primary amides is 1. The number of nitriles is 1. The van der Waals surface area contributed by atoms with Gasteiger partial charge in [0.2, 0.25) is 5.91 Å². The Morgan fingerprint density at radius 2 is 1.89 bits per heavy atom. The second-order valence-electron chi connectivity index (χ2n) is 8.40. The van der Waals surface area contributed by atoms with Gasteiger partial charge in [0.1, 0.15) is 5.82 Å². The van der Waals surface area contributed by atoms with Crippen molar-refractivity contribution in [3.05, 3.63) is 107 Å². The third kappa shape index (κ3) is 5.56. The summed E-state index contributed by atoms with van der Waals surface area (Å²) < 4.78 is 17.0. The number of hydrogen-bond acceptors (Lipinski definition) is 4. The first-order chi connectivity index (χ1) is 17.0. The number of aryl methyl sites for hydroxylation is 2. The van der Waals surface area contributed by atoms with E-state index in [1.165, 1.54) is 6.07 Å². The Bertz CT molecular complexity index is 1370. The number of carbonyl (C=O) groups excluding carboxylic acids is 1. The van der Waals surface area contributed by atoms with Crippen LogP contribution in [0.15, 0.2) is 79.3 Å². The zero-order valence-corrected chi connectivity index (χ0v) is 19.5. The summed E-state index contributed by atoms with van der Waals surface area (Å²) in [7, 11) is 1.96. The Balaban J connectivity index is 1.48. The van der Waals surface area contributed by atoms with Gasteiger partial charge in [-0.25, -0.2) is 9.37 Å². The van der Waals surface area contributed by atoms with Gasteiger partial charge >= 0.3 is 0 Å². The van der Waals surface area contributed by atoms with Crippen molar-refractivity contribution in [3.63, 3.8) is 0 Å². The lowest BCUT2D eigenvalue weighted by molar-refractivity contribution is 0.100. The van der Waals surface area contributed by atoms with Crippen LogP contribution in [0, 0.1) is 17.1 Å². The van der Waals surface area contributed by atoms with Gasteiger partial charge in [0.25, 0.3) is 0 Å². The molecule has 0 saturated carbocycles. The molecule has 4 rings (SSSR count). The van der Waals surface area contributed by atoms with Gasteiger partial charge in [-0.05, 0) is 60.4 Å². The molecule has 7 heteroatoms. The van der Waals surface area contributed by atoms with E-state index in [2.05, 4.69) is 16.0 Å². The number of carbonyl (C=O) groups is 1. The zero-order chi connectivity index (χ0) is 24.8. The van der Waals surface area contributed by atoms with Crippen molar-refractivity contribution in [2.45, 2.75) is 19.4 Å². The van der Waals surface area contributed by atoms with Crippen LogP contribution in [0.5, 0.6) is 0 Å². The highest BCUT2D eigenvalue weighted by Gasteiger charge is 2.14. The number of halogens is 1. The van der Waals surface area contributed by atoms with Crippen molar-refractivity contribution in [2.24, 2.45) is 12.8 Å². The van der Waals surface area contributed by atoms with E-state index in [-0.39, 0.29) is 5.82 Å². The average molecular weight is 468 g/mol. The molecule has 4 aromatic rings. The van der Waals surface area contributed by atoms with Crippen LogP contribution < -0.4 is 10.6 Å². The van der Waals surface area contributed by atoms with E-state index in [0.717, 1.165) is 29.9 Å². The molecule has 0 aliphatic carbocycles. The lowest BCUT2D eigenvalue weighted by Crippen LogP contribution is -2.25. The molecular weight excluding hydrogens is 441 g/mol. The molecule has 0 unspecified atom stereocenters. The van der Waals surface area contributed by atoms with Gasteiger partial charge in [-0.2, -0.15) is 5.26 Å². The normalized spacial score (nSPS) is 10.7. The van der Waals surface area contributed by atoms with Crippen LogP contribution in [0.3, 0.4) is 0 Å². The Labute approximate surface area is 204 Å². The van der Waals surface area contributed by atoms with Crippen molar-refractivity contribution in [1.29, 1.82) is 5.26 Å². The Kier molecular flexibility index (Phi) is 7.22. The number of benzene rings is 3. The second kappa shape index (κ2) is 10.7. The van der Waals surface area contributed by atoms with E-state index < -0.39 is 5.91 Å². The molecule has 0 aliphatic rings. The van der Waals surface area contributed by atoms with Crippen LogP contribution in [0.2, 0.25) is 0 Å². The topological polar surface area (TPSA) is 87.9 Å². The van der Waals surface area contributed by atoms with Crippen molar-refractivity contribution in [3.8, 4) is 17.2 Å². The number of rotatable bonds is 9. The molecule has 0 atom stereocenters. The van der Waals surface area contributed by atoms with E-state index in [1.807, 2.05) is 48.1 Å². The smallest absolute Gasteiger partial charge is 0.249 e. The standard InChI is InChI=1S/C28H26FN5O/c1-33-19-32-17-23(33)18-34(22-11-8-21(16-30)9-12-22)14-4-5-20-10-13-25(27(29)15-20)24-6-2-3-7-26(24)28(31)35/h2-3,6-13,15,17,19H,4-5,14,18H2,1H3,(H2,31,35). The molecule has 0 saturated heterocycles. The quantitative estimate of drug-likeness (QED) is 0.382. The molecule has 176 valence electrons. The summed E-state index contributed by atoms with van der Waals surface area (Å²) in [6.45, 7) is 1.41. The molecule has 6 nitrogen and oxygen atoms in total. The van der Waals surface area contributed by atoms with Gasteiger partial charge in [0, 0.05) is 36.6 Å². The number of amides is 1. The maximum Gasteiger partial charge on any atom is 0.249 e. The minimum atomic E-state index is -0.583. The van der Waals surface area contributed by atoms with Gasteiger partial charge in [0.05, 0.1) is 30.2 Å². The number of imidazole rings is 1. The molecule has 2 N–H and O–H groups in total. The van der Waals surface area contributed by atoms with E-state index >= 15 is 0 Å². The van der Waals surface area contributed by atoms with E-state index in [0.29, 0.717) is 35.2 Å². The lowest BCUT2D eigenvalue weighted by Gasteiger charge is -2.25. The molecular formula is C28H26FN5O. The van der Waals surface area contributed by atoms with Gasteiger partial charge in [0.15, 0.2) is 0 Å². The van der Waals surface area contributed by atoms with Crippen molar-refractivity contribution in [2.75, 3.05) is 11.4 Å². The van der Waals surface area contributed by atoms with Crippen molar-refractivity contribution >= 4 is 11.6 Å². The minimum Gasteiger partial charge on any atom is -0.366 e. The van der Waals surface area contributed by atoms with Crippen LogP contribution in [0.4, 0.5) is 10.1 Å². The molecule has 0 fully saturated rings. The first kappa shape index (κ1) is 23.7. The van der Waals surface area contributed by atoms with Crippen molar-refractivity contribution in [1.82, 2.24) is 9.55 Å². The van der Waals surface area contributed by atoms with Crippen LogP contribution in [-0.2, 0) is 20.0 Å². The summed E-state index contributed by atoms with van der Waals surface area (Å²) in [5.41, 5.74) is 10.2. The molecule has 0 aliphatic heterocycles. The number of anilines is 1. The van der Waals surface area contributed by atoms with Crippen LogP contribution in [-0.4, -0.2) is 22.0 Å². The SMILES string of the molecule is Cn1cncc1CN(CCCc1ccc(-c2ccccc2C(N)=O)c(F)c1)c1ccc(C#N)cc1. The lowest BCUT2D eigenvalue weighted by atomic mass is 9.97. The molecule has 1 amide bonds. The number of hydrogen-bond donors (Lipinski definition) is 1. The van der Waals surface area contributed by atoms with Crippen LogP contribution in [0.25, 0.3) is 11.1 Å². The zero-order valence-electron chi connectivity index (χ0n) is 19.5.